The molecule has 1 aromatic heterocycles. The summed E-state index contributed by atoms with van der Waals surface area (Å²) in [5.41, 5.74) is 0. The standard InChI is InChI=1S/C9H12N2OS.ClH/c1-10-7-5-11(6-7)9(12)8-3-2-4-13-8;/h2-4,7,10H,5-6H2,1H3;1H. The van der Waals surface area contributed by atoms with Crippen LogP contribution in [-0.2, 0) is 0 Å². The molecule has 0 aromatic carbocycles. The lowest BCUT2D eigenvalue weighted by Crippen LogP contribution is -2.58. The van der Waals surface area contributed by atoms with E-state index in [1.54, 1.807) is 0 Å². The lowest BCUT2D eigenvalue weighted by molar-refractivity contribution is 0.0582. The van der Waals surface area contributed by atoms with Gasteiger partial charge in [0.25, 0.3) is 5.91 Å². The van der Waals surface area contributed by atoms with E-state index < -0.39 is 0 Å². The molecule has 0 saturated carbocycles. The highest BCUT2D eigenvalue weighted by Crippen LogP contribution is 2.16. The first-order chi connectivity index (χ1) is 6.31. The fraction of sp³-hybridized carbons (Fsp3) is 0.444. The molecule has 1 aliphatic heterocycles. The molecule has 3 nitrogen and oxygen atoms in total. The summed E-state index contributed by atoms with van der Waals surface area (Å²) < 4.78 is 0. The maximum atomic E-state index is 11.7. The van der Waals surface area contributed by atoms with E-state index in [1.165, 1.54) is 11.3 Å². The summed E-state index contributed by atoms with van der Waals surface area (Å²) >= 11 is 1.51. The van der Waals surface area contributed by atoms with Crippen LogP contribution in [0.4, 0.5) is 0 Å². The minimum atomic E-state index is 0. The first-order valence-electron chi connectivity index (χ1n) is 4.31. The normalized spacial score (nSPS) is 15.9. The van der Waals surface area contributed by atoms with Crippen LogP contribution in [0.15, 0.2) is 17.5 Å². The minimum Gasteiger partial charge on any atom is -0.335 e. The average molecular weight is 233 g/mol. The van der Waals surface area contributed by atoms with Crippen LogP contribution in [0.3, 0.4) is 0 Å². The van der Waals surface area contributed by atoms with Crippen molar-refractivity contribution in [1.29, 1.82) is 0 Å². The van der Waals surface area contributed by atoms with Gasteiger partial charge in [0.15, 0.2) is 0 Å². The summed E-state index contributed by atoms with van der Waals surface area (Å²) in [5.74, 6) is 0.168. The third-order valence-corrected chi connectivity index (χ3v) is 3.17. The van der Waals surface area contributed by atoms with E-state index in [0.717, 1.165) is 18.0 Å². The minimum absolute atomic E-state index is 0. The molecule has 2 rings (SSSR count). The van der Waals surface area contributed by atoms with Crippen molar-refractivity contribution in [2.45, 2.75) is 6.04 Å². The number of hydrogen-bond acceptors (Lipinski definition) is 3. The zero-order valence-electron chi connectivity index (χ0n) is 7.90. The van der Waals surface area contributed by atoms with Crippen molar-refractivity contribution in [3.8, 4) is 0 Å². The highest BCUT2D eigenvalue weighted by atomic mass is 35.5. The molecule has 78 valence electrons. The molecule has 0 atom stereocenters. The predicted octanol–water partition coefficient (Wildman–Crippen LogP) is 1.21. The van der Waals surface area contributed by atoms with Crippen molar-refractivity contribution >= 4 is 29.7 Å². The van der Waals surface area contributed by atoms with Crippen LogP contribution in [0.2, 0.25) is 0 Å². The molecular formula is C9H13ClN2OS. The molecule has 1 N–H and O–H groups in total. The fourth-order valence-electron chi connectivity index (χ4n) is 1.38. The number of likely N-dealkylation sites (N-methyl/N-ethyl adjacent to an activating group) is 1. The van der Waals surface area contributed by atoms with Crippen molar-refractivity contribution in [2.24, 2.45) is 0 Å². The van der Waals surface area contributed by atoms with Crippen molar-refractivity contribution in [2.75, 3.05) is 20.1 Å². The zero-order chi connectivity index (χ0) is 9.26. The van der Waals surface area contributed by atoms with Crippen LogP contribution in [0.1, 0.15) is 9.67 Å². The van der Waals surface area contributed by atoms with Crippen molar-refractivity contribution in [1.82, 2.24) is 10.2 Å². The van der Waals surface area contributed by atoms with Crippen LogP contribution in [0, 0.1) is 0 Å². The Bertz CT molecular complexity index is 296. The number of carbonyl (C=O) groups is 1. The summed E-state index contributed by atoms with van der Waals surface area (Å²) in [6, 6.07) is 4.27. The second kappa shape index (κ2) is 4.77. The van der Waals surface area contributed by atoms with Crippen LogP contribution >= 0.6 is 23.7 Å². The lowest BCUT2D eigenvalue weighted by atomic mass is 10.1. The van der Waals surface area contributed by atoms with E-state index in [9.17, 15) is 4.79 Å². The number of rotatable bonds is 2. The van der Waals surface area contributed by atoms with Crippen molar-refractivity contribution < 1.29 is 4.79 Å². The number of nitrogens with one attached hydrogen (secondary N) is 1. The van der Waals surface area contributed by atoms with Crippen LogP contribution in [-0.4, -0.2) is 37.0 Å². The highest BCUT2D eigenvalue weighted by molar-refractivity contribution is 7.12. The number of hydrogen-bond donors (Lipinski definition) is 1. The van der Waals surface area contributed by atoms with Gasteiger partial charge in [-0.15, -0.1) is 23.7 Å². The molecule has 0 radical (unpaired) electrons. The number of likely N-dealkylation sites (tertiary alicyclic amines) is 1. The summed E-state index contributed by atoms with van der Waals surface area (Å²) in [6.07, 6.45) is 0. The number of carbonyl (C=O) groups excluding carboxylic acids is 1. The highest BCUT2D eigenvalue weighted by Gasteiger charge is 2.30. The molecule has 0 unspecified atom stereocenters. The second-order valence-corrected chi connectivity index (χ2v) is 4.12. The Labute approximate surface area is 93.5 Å². The van der Waals surface area contributed by atoms with Crippen LogP contribution in [0.5, 0.6) is 0 Å². The van der Waals surface area contributed by atoms with E-state index in [2.05, 4.69) is 5.32 Å². The van der Waals surface area contributed by atoms with Gasteiger partial charge < -0.3 is 10.2 Å². The monoisotopic (exact) mass is 232 g/mol. The first kappa shape index (κ1) is 11.5. The molecule has 1 aliphatic rings. The molecule has 1 aromatic rings. The number of halogens is 1. The molecule has 1 amide bonds. The maximum Gasteiger partial charge on any atom is 0.264 e. The second-order valence-electron chi connectivity index (χ2n) is 3.17. The van der Waals surface area contributed by atoms with E-state index in [0.29, 0.717) is 6.04 Å². The number of nitrogens with zero attached hydrogens (tertiary/aromatic N) is 1. The Morgan fingerprint density at radius 2 is 2.36 bits per heavy atom. The van der Waals surface area contributed by atoms with Crippen molar-refractivity contribution in [3.63, 3.8) is 0 Å². The molecule has 0 aliphatic carbocycles. The Hall–Kier alpha value is -0.580. The van der Waals surface area contributed by atoms with Gasteiger partial charge in [0, 0.05) is 19.1 Å². The zero-order valence-corrected chi connectivity index (χ0v) is 9.53. The van der Waals surface area contributed by atoms with Crippen LogP contribution < -0.4 is 5.32 Å². The van der Waals surface area contributed by atoms with Gasteiger partial charge in [-0.05, 0) is 18.5 Å². The average Bonchev–Trinajstić information content (AvgIpc) is 2.53. The molecule has 2 heterocycles. The predicted molar refractivity (Wildman–Crippen MR) is 60.3 cm³/mol. The Morgan fingerprint density at radius 3 is 2.86 bits per heavy atom. The number of amides is 1. The van der Waals surface area contributed by atoms with E-state index >= 15 is 0 Å². The van der Waals surface area contributed by atoms with Gasteiger partial charge in [0.1, 0.15) is 0 Å². The Balaban J connectivity index is 0.000000980. The topological polar surface area (TPSA) is 32.3 Å². The van der Waals surface area contributed by atoms with Crippen LogP contribution in [0.25, 0.3) is 0 Å². The van der Waals surface area contributed by atoms with Gasteiger partial charge in [-0.2, -0.15) is 0 Å². The van der Waals surface area contributed by atoms with Gasteiger partial charge in [-0.3, -0.25) is 4.79 Å². The van der Waals surface area contributed by atoms with E-state index in [-0.39, 0.29) is 18.3 Å². The molecule has 1 saturated heterocycles. The molecule has 14 heavy (non-hydrogen) atoms. The quantitative estimate of drug-likeness (QED) is 0.832. The SMILES string of the molecule is CNC1CN(C(=O)c2cccs2)C1.Cl. The smallest absolute Gasteiger partial charge is 0.264 e. The summed E-state index contributed by atoms with van der Waals surface area (Å²) in [5, 5.41) is 5.07. The van der Waals surface area contributed by atoms with Gasteiger partial charge in [0.05, 0.1) is 4.88 Å². The Kier molecular flexibility index (Phi) is 3.92. The summed E-state index contributed by atoms with van der Waals surface area (Å²) in [7, 11) is 1.93. The fourth-order valence-corrected chi connectivity index (χ4v) is 2.07. The third kappa shape index (κ3) is 2.08. The largest absolute Gasteiger partial charge is 0.335 e. The molecule has 0 bridgehead atoms. The van der Waals surface area contributed by atoms with Gasteiger partial charge in [-0.25, -0.2) is 0 Å². The van der Waals surface area contributed by atoms with E-state index in [4.69, 9.17) is 0 Å². The van der Waals surface area contributed by atoms with E-state index in [1.807, 2.05) is 29.5 Å². The summed E-state index contributed by atoms with van der Waals surface area (Å²) in [6.45, 7) is 1.68. The van der Waals surface area contributed by atoms with Crippen molar-refractivity contribution in [3.05, 3.63) is 22.4 Å². The van der Waals surface area contributed by atoms with Gasteiger partial charge in [-0.1, -0.05) is 6.07 Å². The number of thiophene rings is 1. The third-order valence-electron chi connectivity index (χ3n) is 2.31. The van der Waals surface area contributed by atoms with Gasteiger partial charge in [0.2, 0.25) is 0 Å². The Morgan fingerprint density at radius 1 is 1.64 bits per heavy atom. The molecule has 1 fully saturated rings. The maximum absolute atomic E-state index is 11.7. The first-order valence-corrected chi connectivity index (χ1v) is 5.19. The molecular weight excluding hydrogens is 220 g/mol. The molecule has 5 heteroatoms. The molecule has 0 spiro atoms. The lowest BCUT2D eigenvalue weighted by Gasteiger charge is -2.38. The summed E-state index contributed by atoms with van der Waals surface area (Å²) in [4.78, 5) is 14.4. The van der Waals surface area contributed by atoms with Gasteiger partial charge >= 0.3 is 0 Å².